The van der Waals surface area contributed by atoms with Crippen molar-refractivity contribution in [2.45, 2.75) is 38.0 Å². The fourth-order valence-corrected chi connectivity index (χ4v) is 3.79. The highest BCUT2D eigenvalue weighted by atomic mass is 16.5. The highest BCUT2D eigenvalue weighted by molar-refractivity contribution is 5.64. The smallest absolute Gasteiger partial charge is 0.164 e. The lowest BCUT2D eigenvalue weighted by atomic mass is 9.85. The third kappa shape index (κ3) is 1.78. The van der Waals surface area contributed by atoms with Crippen molar-refractivity contribution in [3.05, 3.63) is 16.7 Å². The topological polar surface area (TPSA) is 50.7 Å². The Labute approximate surface area is 119 Å². The number of rotatable bonds is 1. The Morgan fingerprint density at radius 3 is 2.50 bits per heavy atom. The molecule has 1 saturated heterocycles. The summed E-state index contributed by atoms with van der Waals surface area (Å²) >= 11 is 0. The summed E-state index contributed by atoms with van der Waals surface area (Å²) in [5, 5.41) is 14.0. The van der Waals surface area contributed by atoms with Gasteiger partial charge in [-0.3, -0.25) is 0 Å². The lowest BCUT2D eigenvalue weighted by molar-refractivity contribution is 0.252. The Morgan fingerprint density at radius 2 is 1.75 bits per heavy atom. The molecule has 4 rings (SSSR count). The van der Waals surface area contributed by atoms with Crippen LogP contribution in [0.15, 0.2) is 0 Å². The summed E-state index contributed by atoms with van der Waals surface area (Å²) in [5.41, 5.74) is 3.49. The van der Waals surface area contributed by atoms with Crippen molar-refractivity contribution in [1.29, 1.82) is 0 Å². The number of benzene rings is 1. The molecule has 3 aliphatic heterocycles. The van der Waals surface area contributed by atoms with Crippen LogP contribution in [-0.4, -0.2) is 31.4 Å². The zero-order valence-electron chi connectivity index (χ0n) is 11.7. The molecule has 2 N–H and O–H groups in total. The van der Waals surface area contributed by atoms with Crippen LogP contribution in [0.4, 0.5) is 0 Å². The van der Waals surface area contributed by atoms with Crippen molar-refractivity contribution in [3.63, 3.8) is 0 Å². The molecule has 4 heteroatoms. The predicted molar refractivity (Wildman–Crippen MR) is 76.0 cm³/mol. The largest absolute Gasteiger partial charge is 0.504 e. The van der Waals surface area contributed by atoms with Crippen molar-refractivity contribution < 1.29 is 14.6 Å². The summed E-state index contributed by atoms with van der Waals surface area (Å²) < 4.78 is 11.8. The van der Waals surface area contributed by atoms with Gasteiger partial charge < -0.3 is 19.9 Å². The first-order valence-corrected chi connectivity index (χ1v) is 7.73. The summed E-state index contributed by atoms with van der Waals surface area (Å²) in [5.74, 6) is 2.54. The van der Waals surface area contributed by atoms with Crippen LogP contribution >= 0.6 is 0 Å². The molecule has 20 heavy (non-hydrogen) atoms. The van der Waals surface area contributed by atoms with Gasteiger partial charge in [0.1, 0.15) is 5.75 Å². The van der Waals surface area contributed by atoms with Gasteiger partial charge in [-0.2, -0.15) is 0 Å². The Hall–Kier alpha value is -1.42. The maximum absolute atomic E-state index is 10.5. The van der Waals surface area contributed by atoms with E-state index in [0.29, 0.717) is 18.3 Å². The summed E-state index contributed by atoms with van der Waals surface area (Å²) in [6.07, 6.45) is 5.03. The average molecular weight is 275 g/mol. The molecule has 1 unspecified atom stereocenters. The molecule has 0 radical (unpaired) electrons. The van der Waals surface area contributed by atoms with Gasteiger partial charge in [-0.05, 0) is 38.6 Å². The van der Waals surface area contributed by atoms with E-state index in [0.717, 1.165) is 68.9 Å². The van der Waals surface area contributed by atoms with Gasteiger partial charge in [0, 0.05) is 29.2 Å². The maximum atomic E-state index is 10.5. The van der Waals surface area contributed by atoms with Gasteiger partial charge in [0.2, 0.25) is 0 Å². The van der Waals surface area contributed by atoms with Crippen LogP contribution < -0.4 is 14.8 Å². The molecule has 1 atom stereocenters. The number of phenolic OH excluding ortho intramolecular Hbond substituents is 1. The van der Waals surface area contributed by atoms with E-state index in [2.05, 4.69) is 5.32 Å². The molecule has 4 nitrogen and oxygen atoms in total. The Morgan fingerprint density at radius 1 is 1.00 bits per heavy atom. The first kappa shape index (κ1) is 12.3. The van der Waals surface area contributed by atoms with Crippen LogP contribution in [0, 0.1) is 0 Å². The van der Waals surface area contributed by atoms with Crippen molar-refractivity contribution in [1.82, 2.24) is 5.32 Å². The highest BCUT2D eigenvalue weighted by Gasteiger charge is 2.33. The fraction of sp³-hybridized carbons (Fsp3) is 0.625. The lowest BCUT2D eigenvalue weighted by Crippen LogP contribution is -2.19. The van der Waals surface area contributed by atoms with Gasteiger partial charge in [-0.25, -0.2) is 0 Å². The zero-order chi connectivity index (χ0) is 13.5. The molecule has 1 fully saturated rings. The highest BCUT2D eigenvalue weighted by Crippen LogP contribution is 2.50. The van der Waals surface area contributed by atoms with Crippen LogP contribution in [0.25, 0.3) is 0 Å². The van der Waals surface area contributed by atoms with Crippen LogP contribution in [0.1, 0.15) is 41.9 Å². The minimum Gasteiger partial charge on any atom is -0.504 e. The van der Waals surface area contributed by atoms with E-state index in [1.807, 2.05) is 0 Å². The second kappa shape index (κ2) is 4.85. The van der Waals surface area contributed by atoms with E-state index in [1.165, 1.54) is 11.1 Å². The fourth-order valence-electron chi connectivity index (χ4n) is 3.79. The van der Waals surface area contributed by atoms with Crippen LogP contribution in [-0.2, 0) is 12.8 Å². The number of aromatic hydroxyl groups is 1. The second-order valence-corrected chi connectivity index (χ2v) is 5.97. The van der Waals surface area contributed by atoms with E-state index in [-0.39, 0.29) is 0 Å². The SMILES string of the molecule is Oc1c2c(c(C3CCNC3)c3c1OCCC3)OCCC2. The Balaban J connectivity index is 1.93. The standard InChI is InChI=1S/C16H21NO3/c18-14-12-4-2-7-19-15(12)13(10-5-6-17-9-10)11-3-1-8-20-16(11)14/h10,17-18H,1-9H2. The molecule has 3 heterocycles. The molecule has 3 aliphatic rings. The molecule has 0 saturated carbocycles. The van der Waals surface area contributed by atoms with Crippen LogP contribution in [0.5, 0.6) is 17.2 Å². The van der Waals surface area contributed by atoms with Crippen LogP contribution in [0.3, 0.4) is 0 Å². The second-order valence-electron chi connectivity index (χ2n) is 5.97. The van der Waals surface area contributed by atoms with Gasteiger partial charge in [0.05, 0.1) is 13.2 Å². The first-order valence-electron chi connectivity index (χ1n) is 7.73. The number of hydrogen-bond donors (Lipinski definition) is 2. The normalized spacial score (nSPS) is 24.5. The maximum Gasteiger partial charge on any atom is 0.164 e. The van der Waals surface area contributed by atoms with E-state index in [4.69, 9.17) is 9.47 Å². The average Bonchev–Trinajstić information content (AvgIpc) is 3.02. The number of nitrogens with one attached hydrogen (secondary N) is 1. The Kier molecular flexibility index (Phi) is 2.99. The predicted octanol–water partition coefficient (Wildman–Crippen LogP) is 2.12. The van der Waals surface area contributed by atoms with Gasteiger partial charge in [-0.15, -0.1) is 0 Å². The molecular formula is C16H21NO3. The summed E-state index contributed by atoms with van der Waals surface area (Å²) in [4.78, 5) is 0. The molecule has 1 aromatic rings. The van der Waals surface area contributed by atoms with Crippen molar-refractivity contribution in [3.8, 4) is 17.2 Å². The number of phenols is 1. The number of fused-ring (bicyclic) bond motifs is 2. The molecule has 1 aromatic carbocycles. The summed E-state index contributed by atoms with van der Waals surface area (Å²) in [6.45, 7) is 3.55. The quantitative estimate of drug-likeness (QED) is 0.824. The van der Waals surface area contributed by atoms with Crippen LogP contribution in [0.2, 0.25) is 0 Å². The van der Waals surface area contributed by atoms with Crippen molar-refractivity contribution in [2.75, 3.05) is 26.3 Å². The van der Waals surface area contributed by atoms with Gasteiger partial charge in [0.25, 0.3) is 0 Å². The van der Waals surface area contributed by atoms with E-state index < -0.39 is 0 Å². The molecule has 0 aromatic heterocycles. The van der Waals surface area contributed by atoms with Gasteiger partial charge >= 0.3 is 0 Å². The Bertz CT molecular complexity index is 498. The monoisotopic (exact) mass is 275 g/mol. The van der Waals surface area contributed by atoms with E-state index in [9.17, 15) is 5.11 Å². The molecule has 0 aliphatic carbocycles. The van der Waals surface area contributed by atoms with Gasteiger partial charge in [0.15, 0.2) is 11.5 Å². The molecule has 0 bridgehead atoms. The summed E-state index contributed by atoms with van der Waals surface area (Å²) in [7, 11) is 0. The lowest BCUT2D eigenvalue weighted by Gasteiger charge is -2.30. The molecular weight excluding hydrogens is 254 g/mol. The first-order chi connectivity index (χ1) is 9.86. The summed E-state index contributed by atoms with van der Waals surface area (Å²) in [6, 6.07) is 0. The third-order valence-electron chi connectivity index (χ3n) is 4.72. The minimum absolute atomic E-state index is 0.337. The molecule has 0 amide bonds. The number of hydrogen-bond acceptors (Lipinski definition) is 4. The minimum atomic E-state index is 0.337. The zero-order valence-corrected chi connectivity index (χ0v) is 11.7. The van der Waals surface area contributed by atoms with Gasteiger partial charge in [-0.1, -0.05) is 0 Å². The van der Waals surface area contributed by atoms with Crippen molar-refractivity contribution >= 4 is 0 Å². The third-order valence-corrected chi connectivity index (χ3v) is 4.72. The molecule has 108 valence electrons. The van der Waals surface area contributed by atoms with Crippen molar-refractivity contribution in [2.24, 2.45) is 0 Å². The number of ether oxygens (including phenoxy) is 2. The van der Waals surface area contributed by atoms with E-state index >= 15 is 0 Å². The molecule has 0 spiro atoms. The van der Waals surface area contributed by atoms with E-state index in [1.54, 1.807) is 0 Å².